The summed E-state index contributed by atoms with van der Waals surface area (Å²) in [5, 5.41) is 0. The van der Waals surface area contributed by atoms with Gasteiger partial charge in [-0.1, -0.05) is 6.07 Å². The monoisotopic (exact) mass is 312 g/mol. The molecule has 3 rings (SSSR count). The zero-order valence-corrected chi connectivity index (χ0v) is 13.8. The molecule has 2 aromatic carbocycles. The summed E-state index contributed by atoms with van der Waals surface area (Å²) in [6.07, 6.45) is 0. The topological polar surface area (TPSA) is 56.4 Å². The molecule has 0 aliphatic heterocycles. The summed E-state index contributed by atoms with van der Waals surface area (Å²) in [4.78, 5) is 7.78. The highest BCUT2D eigenvalue weighted by Crippen LogP contribution is 2.31. The van der Waals surface area contributed by atoms with Crippen molar-refractivity contribution in [2.45, 2.75) is 20.5 Å². The molecule has 0 unspecified atom stereocenters. The number of benzene rings is 2. The smallest absolute Gasteiger partial charge is 0.163 e. The summed E-state index contributed by atoms with van der Waals surface area (Å²) >= 11 is 0. The Morgan fingerprint density at radius 1 is 0.957 bits per heavy atom. The second kappa shape index (κ2) is 6.20. The van der Waals surface area contributed by atoms with E-state index < -0.39 is 0 Å². The molecule has 1 aromatic heterocycles. The van der Waals surface area contributed by atoms with Crippen molar-refractivity contribution in [1.29, 1.82) is 0 Å². The van der Waals surface area contributed by atoms with Gasteiger partial charge in [-0.2, -0.15) is 0 Å². The Morgan fingerprint density at radius 3 is 2.39 bits per heavy atom. The minimum Gasteiger partial charge on any atom is -0.493 e. The van der Waals surface area contributed by atoms with Gasteiger partial charge < -0.3 is 19.2 Å². The number of nitrogens with one attached hydrogen (secondary N) is 1. The largest absolute Gasteiger partial charge is 0.493 e. The number of ether oxygens (including phenoxy) is 3. The molecular weight excluding hydrogens is 292 g/mol. The first-order valence-electron chi connectivity index (χ1n) is 7.41. The van der Waals surface area contributed by atoms with E-state index in [-0.39, 0.29) is 0 Å². The highest BCUT2D eigenvalue weighted by molar-refractivity contribution is 5.79. The normalized spacial score (nSPS) is 10.8. The van der Waals surface area contributed by atoms with Crippen LogP contribution in [-0.4, -0.2) is 24.2 Å². The molecule has 0 saturated carbocycles. The van der Waals surface area contributed by atoms with Crippen molar-refractivity contribution in [3.05, 3.63) is 47.3 Å². The van der Waals surface area contributed by atoms with Crippen molar-refractivity contribution >= 4 is 11.0 Å². The van der Waals surface area contributed by atoms with Gasteiger partial charge in [-0.05, 0) is 37.1 Å². The van der Waals surface area contributed by atoms with E-state index >= 15 is 0 Å². The van der Waals surface area contributed by atoms with Gasteiger partial charge in [-0.15, -0.1) is 0 Å². The summed E-state index contributed by atoms with van der Waals surface area (Å²) in [5.74, 6) is 2.93. The summed E-state index contributed by atoms with van der Waals surface area (Å²) in [7, 11) is 3.23. The highest BCUT2D eigenvalue weighted by Gasteiger charge is 2.10. The van der Waals surface area contributed by atoms with Gasteiger partial charge in [0.15, 0.2) is 11.5 Å². The second-order valence-electron chi connectivity index (χ2n) is 5.44. The predicted octanol–water partition coefficient (Wildman–Crippen LogP) is 3.78. The molecule has 0 aliphatic rings. The Hall–Kier alpha value is -2.69. The van der Waals surface area contributed by atoms with Crippen molar-refractivity contribution in [1.82, 2.24) is 9.97 Å². The number of nitrogens with zero attached hydrogens (tertiary/aromatic N) is 1. The van der Waals surface area contributed by atoms with Gasteiger partial charge in [-0.25, -0.2) is 4.98 Å². The van der Waals surface area contributed by atoms with Crippen molar-refractivity contribution in [2.75, 3.05) is 14.2 Å². The van der Waals surface area contributed by atoms with E-state index in [0.717, 1.165) is 22.6 Å². The highest BCUT2D eigenvalue weighted by atomic mass is 16.5. The number of aromatic nitrogens is 2. The van der Waals surface area contributed by atoms with E-state index in [4.69, 9.17) is 14.2 Å². The molecule has 0 spiro atoms. The molecule has 0 fully saturated rings. The molecule has 0 radical (unpaired) electrons. The number of methoxy groups -OCH3 is 2. The standard InChI is InChI=1S/C18H20N2O3/c1-11-5-6-13(7-12(11)2)23-10-18-19-14-8-16(21-3)17(22-4)9-15(14)20-18/h5-9H,10H2,1-4H3,(H,19,20). The first-order chi connectivity index (χ1) is 11.1. The van der Waals surface area contributed by atoms with Crippen LogP contribution in [0.1, 0.15) is 17.0 Å². The third kappa shape index (κ3) is 3.08. The van der Waals surface area contributed by atoms with Crippen LogP contribution in [0.3, 0.4) is 0 Å². The first-order valence-corrected chi connectivity index (χ1v) is 7.41. The molecule has 0 atom stereocenters. The van der Waals surface area contributed by atoms with Crippen LogP contribution in [0.15, 0.2) is 30.3 Å². The molecule has 5 heteroatoms. The fraction of sp³-hybridized carbons (Fsp3) is 0.278. The number of rotatable bonds is 5. The predicted molar refractivity (Wildman–Crippen MR) is 89.4 cm³/mol. The molecule has 0 amide bonds. The molecule has 3 aromatic rings. The van der Waals surface area contributed by atoms with Crippen molar-refractivity contribution in [2.24, 2.45) is 0 Å². The van der Waals surface area contributed by atoms with Gasteiger partial charge in [0.05, 0.1) is 25.3 Å². The van der Waals surface area contributed by atoms with Crippen molar-refractivity contribution in [3.63, 3.8) is 0 Å². The first kappa shape index (κ1) is 15.2. The van der Waals surface area contributed by atoms with Gasteiger partial charge in [0.2, 0.25) is 0 Å². The third-order valence-corrected chi connectivity index (χ3v) is 3.89. The Bertz CT molecular complexity index is 799. The van der Waals surface area contributed by atoms with E-state index in [1.54, 1.807) is 14.2 Å². The van der Waals surface area contributed by atoms with Crippen LogP contribution >= 0.6 is 0 Å². The number of imidazole rings is 1. The van der Waals surface area contributed by atoms with E-state index in [2.05, 4.69) is 29.9 Å². The molecule has 0 bridgehead atoms. The van der Waals surface area contributed by atoms with Crippen LogP contribution in [0.4, 0.5) is 0 Å². The van der Waals surface area contributed by atoms with Crippen LogP contribution < -0.4 is 14.2 Å². The number of hydrogen-bond acceptors (Lipinski definition) is 4. The number of hydrogen-bond donors (Lipinski definition) is 1. The molecule has 120 valence electrons. The molecule has 0 aliphatic carbocycles. The van der Waals surface area contributed by atoms with Crippen molar-refractivity contribution in [3.8, 4) is 17.2 Å². The SMILES string of the molecule is COc1cc2nc(COc3ccc(C)c(C)c3)[nH]c2cc1OC. The molecule has 1 N–H and O–H groups in total. The van der Waals surface area contributed by atoms with E-state index in [1.807, 2.05) is 24.3 Å². The second-order valence-corrected chi connectivity index (χ2v) is 5.44. The number of aromatic amines is 1. The molecule has 0 saturated heterocycles. The molecule has 1 heterocycles. The fourth-order valence-electron chi connectivity index (χ4n) is 2.41. The lowest BCUT2D eigenvalue weighted by molar-refractivity contribution is 0.297. The number of H-pyrrole nitrogens is 1. The Labute approximate surface area is 135 Å². The van der Waals surface area contributed by atoms with Crippen LogP contribution in [0.25, 0.3) is 11.0 Å². The lowest BCUT2D eigenvalue weighted by Crippen LogP contribution is -1.97. The van der Waals surface area contributed by atoms with Gasteiger partial charge in [-0.3, -0.25) is 0 Å². The van der Waals surface area contributed by atoms with Crippen LogP contribution in [-0.2, 0) is 6.61 Å². The van der Waals surface area contributed by atoms with Gasteiger partial charge in [0.25, 0.3) is 0 Å². The maximum atomic E-state index is 5.81. The van der Waals surface area contributed by atoms with Gasteiger partial charge in [0.1, 0.15) is 18.2 Å². The van der Waals surface area contributed by atoms with Crippen molar-refractivity contribution < 1.29 is 14.2 Å². The summed E-state index contributed by atoms with van der Waals surface area (Å²) in [6, 6.07) is 9.78. The van der Waals surface area contributed by atoms with Crippen LogP contribution in [0, 0.1) is 13.8 Å². The van der Waals surface area contributed by atoms with Gasteiger partial charge in [0, 0.05) is 12.1 Å². The molecular formula is C18H20N2O3. The fourth-order valence-corrected chi connectivity index (χ4v) is 2.41. The molecule has 23 heavy (non-hydrogen) atoms. The van der Waals surface area contributed by atoms with Gasteiger partial charge >= 0.3 is 0 Å². The minimum absolute atomic E-state index is 0.377. The summed E-state index contributed by atoms with van der Waals surface area (Å²) in [5.41, 5.74) is 4.17. The lowest BCUT2D eigenvalue weighted by atomic mass is 10.1. The Morgan fingerprint density at radius 2 is 1.70 bits per heavy atom. The molecule has 5 nitrogen and oxygen atoms in total. The average Bonchev–Trinajstić information content (AvgIpc) is 2.96. The third-order valence-electron chi connectivity index (χ3n) is 3.89. The van der Waals surface area contributed by atoms with E-state index in [9.17, 15) is 0 Å². The number of fused-ring (bicyclic) bond motifs is 1. The quantitative estimate of drug-likeness (QED) is 0.779. The summed E-state index contributed by atoms with van der Waals surface area (Å²) < 4.78 is 16.4. The maximum absolute atomic E-state index is 5.81. The van der Waals surface area contributed by atoms with E-state index in [0.29, 0.717) is 18.1 Å². The zero-order chi connectivity index (χ0) is 16.4. The van der Waals surface area contributed by atoms with E-state index in [1.165, 1.54) is 11.1 Å². The van der Waals surface area contributed by atoms with Crippen LogP contribution in [0.5, 0.6) is 17.2 Å². The maximum Gasteiger partial charge on any atom is 0.163 e. The Balaban J connectivity index is 1.81. The lowest BCUT2D eigenvalue weighted by Gasteiger charge is -2.06. The number of aryl methyl sites for hydroxylation is 2. The zero-order valence-electron chi connectivity index (χ0n) is 13.8. The Kier molecular flexibility index (Phi) is 4.10. The minimum atomic E-state index is 0.377. The summed E-state index contributed by atoms with van der Waals surface area (Å²) in [6.45, 7) is 4.53. The van der Waals surface area contributed by atoms with Crippen LogP contribution in [0.2, 0.25) is 0 Å². The average molecular weight is 312 g/mol.